The fourth-order valence-electron chi connectivity index (χ4n) is 2.79. The maximum atomic E-state index is 12.2. The van der Waals surface area contributed by atoms with E-state index >= 15 is 0 Å². The fourth-order valence-corrected chi connectivity index (χ4v) is 2.79. The van der Waals surface area contributed by atoms with Crippen LogP contribution < -0.4 is 10.6 Å². The van der Waals surface area contributed by atoms with Gasteiger partial charge >= 0.3 is 0 Å². The third-order valence-electron chi connectivity index (χ3n) is 3.80. The molecule has 1 aliphatic carbocycles. The summed E-state index contributed by atoms with van der Waals surface area (Å²) in [6.45, 7) is 1.90. The van der Waals surface area contributed by atoms with Gasteiger partial charge in [-0.15, -0.1) is 0 Å². The van der Waals surface area contributed by atoms with Gasteiger partial charge in [-0.25, -0.2) is 0 Å². The Labute approximate surface area is 106 Å². The molecular formula is C13H19N3O2. The van der Waals surface area contributed by atoms with E-state index in [1.807, 2.05) is 0 Å². The first-order chi connectivity index (χ1) is 8.84. The van der Waals surface area contributed by atoms with Crippen molar-refractivity contribution in [2.45, 2.75) is 44.6 Å². The molecule has 1 amide bonds. The predicted octanol–water partition coefficient (Wildman–Crippen LogP) is 1.04. The molecule has 0 unspecified atom stereocenters. The van der Waals surface area contributed by atoms with Crippen LogP contribution in [0, 0.1) is 0 Å². The summed E-state index contributed by atoms with van der Waals surface area (Å²) in [5.74, 6) is 0.837. The van der Waals surface area contributed by atoms with Gasteiger partial charge in [0.1, 0.15) is 5.76 Å². The molecular weight excluding hydrogens is 230 g/mol. The van der Waals surface area contributed by atoms with Crippen molar-refractivity contribution >= 4 is 5.91 Å². The Morgan fingerprint density at radius 1 is 1.33 bits per heavy atom. The van der Waals surface area contributed by atoms with Crippen LogP contribution in [0.3, 0.4) is 0 Å². The van der Waals surface area contributed by atoms with Crippen molar-refractivity contribution in [3.05, 3.63) is 17.0 Å². The molecule has 2 heterocycles. The van der Waals surface area contributed by atoms with Gasteiger partial charge in [0.15, 0.2) is 5.69 Å². The van der Waals surface area contributed by atoms with E-state index in [2.05, 4.69) is 15.8 Å². The van der Waals surface area contributed by atoms with Crippen LogP contribution in [-0.4, -0.2) is 30.2 Å². The molecule has 5 heteroatoms. The maximum absolute atomic E-state index is 12.2. The topological polar surface area (TPSA) is 67.2 Å². The highest BCUT2D eigenvalue weighted by Gasteiger charge is 2.25. The number of fused-ring (bicyclic) bond motifs is 1. The summed E-state index contributed by atoms with van der Waals surface area (Å²) in [7, 11) is 0. The van der Waals surface area contributed by atoms with Gasteiger partial charge in [-0.3, -0.25) is 4.79 Å². The maximum Gasteiger partial charge on any atom is 0.274 e. The lowest BCUT2D eigenvalue weighted by Gasteiger charge is -2.23. The quantitative estimate of drug-likeness (QED) is 0.821. The fraction of sp³-hybridized carbons (Fsp3) is 0.692. The average molecular weight is 249 g/mol. The second-order valence-corrected chi connectivity index (χ2v) is 5.16. The van der Waals surface area contributed by atoms with Gasteiger partial charge in [0, 0.05) is 24.6 Å². The van der Waals surface area contributed by atoms with Crippen LogP contribution >= 0.6 is 0 Å². The molecule has 1 atom stereocenters. The van der Waals surface area contributed by atoms with Gasteiger partial charge in [-0.2, -0.15) is 0 Å². The third-order valence-corrected chi connectivity index (χ3v) is 3.80. The number of carbonyl (C=O) groups excluding carboxylic acids is 1. The Morgan fingerprint density at radius 3 is 3.06 bits per heavy atom. The molecule has 1 aliphatic heterocycles. The minimum absolute atomic E-state index is 0.0735. The summed E-state index contributed by atoms with van der Waals surface area (Å²) in [5, 5.41) is 10.3. The molecule has 1 fully saturated rings. The number of aryl methyl sites for hydroxylation is 1. The smallest absolute Gasteiger partial charge is 0.274 e. The van der Waals surface area contributed by atoms with Crippen LogP contribution in [0.1, 0.15) is 47.5 Å². The monoisotopic (exact) mass is 249 g/mol. The SMILES string of the molecule is O=C(N[C@H]1CCCNC1)c1noc2c1CCCC2. The molecule has 2 N–H and O–H groups in total. The normalized spacial score (nSPS) is 23.4. The number of hydrogen-bond donors (Lipinski definition) is 2. The lowest BCUT2D eigenvalue weighted by molar-refractivity contribution is 0.0920. The summed E-state index contributed by atoms with van der Waals surface area (Å²) in [5.41, 5.74) is 1.54. The van der Waals surface area contributed by atoms with Crippen molar-refractivity contribution < 1.29 is 9.32 Å². The number of rotatable bonds is 2. The molecule has 0 saturated carbocycles. The summed E-state index contributed by atoms with van der Waals surface area (Å²) < 4.78 is 5.27. The van der Waals surface area contributed by atoms with Gasteiger partial charge in [-0.1, -0.05) is 5.16 Å². The lowest BCUT2D eigenvalue weighted by atomic mass is 9.96. The molecule has 3 rings (SSSR count). The number of amides is 1. The zero-order chi connectivity index (χ0) is 12.4. The Bertz CT molecular complexity index is 435. The van der Waals surface area contributed by atoms with Crippen LogP contribution in [-0.2, 0) is 12.8 Å². The van der Waals surface area contributed by atoms with Crippen LogP contribution in [0.4, 0.5) is 0 Å². The zero-order valence-corrected chi connectivity index (χ0v) is 10.5. The van der Waals surface area contributed by atoms with Crippen molar-refractivity contribution in [1.82, 2.24) is 15.8 Å². The highest BCUT2D eigenvalue weighted by Crippen LogP contribution is 2.24. The van der Waals surface area contributed by atoms with Gasteiger partial charge < -0.3 is 15.2 Å². The van der Waals surface area contributed by atoms with Crippen molar-refractivity contribution in [2.24, 2.45) is 0 Å². The Kier molecular flexibility index (Phi) is 3.32. The first kappa shape index (κ1) is 11.7. The summed E-state index contributed by atoms with van der Waals surface area (Å²) in [6, 6.07) is 0.224. The third kappa shape index (κ3) is 2.27. The minimum Gasteiger partial charge on any atom is -0.360 e. The number of hydrogen-bond acceptors (Lipinski definition) is 4. The van der Waals surface area contributed by atoms with E-state index in [0.29, 0.717) is 5.69 Å². The summed E-state index contributed by atoms with van der Waals surface area (Å²) in [6.07, 6.45) is 6.25. The highest BCUT2D eigenvalue weighted by molar-refractivity contribution is 5.94. The molecule has 1 aromatic heterocycles. The predicted molar refractivity (Wildman–Crippen MR) is 66.5 cm³/mol. The number of aromatic nitrogens is 1. The van der Waals surface area contributed by atoms with Crippen LogP contribution in [0.15, 0.2) is 4.52 Å². The highest BCUT2D eigenvalue weighted by atomic mass is 16.5. The van der Waals surface area contributed by atoms with Crippen molar-refractivity contribution in [1.29, 1.82) is 0 Å². The molecule has 1 aromatic rings. The van der Waals surface area contributed by atoms with E-state index in [9.17, 15) is 4.79 Å². The molecule has 2 aliphatic rings. The Morgan fingerprint density at radius 2 is 2.22 bits per heavy atom. The summed E-state index contributed by atoms with van der Waals surface area (Å²) >= 11 is 0. The largest absolute Gasteiger partial charge is 0.360 e. The van der Waals surface area contributed by atoms with E-state index in [4.69, 9.17) is 4.52 Å². The molecule has 1 saturated heterocycles. The van der Waals surface area contributed by atoms with Gasteiger partial charge in [0.25, 0.3) is 5.91 Å². The first-order valence-electron chi connectivity index (χ1n) is 6.83. The van der Waals surface area contributed by atoms with Crippen molar-refractivity contribution in [3.8, 4) is 0 Å². The Balaban J connectivity index is 1.70. The minimum atomic E-state index is -0.0735. The molecule has 0 radical (unpaired) electrons. The summed E-state index contributed by atoms with van der Waals surface area (Å²) in [4.78, 5) is 12.2. The molecule has 5 nitrogen and oxygen atoms in total. The standard InChI is InChI=1S/C13H19N3O2/c17-13(15-9-4-3-7-14-8-9)12-10-5-1-2-6-11(10)18-16-12/h9,14H,1-8H2,(H,15,17)/t9-/m0/s1. The molecule has 0 spiro atoms. The van der Waals surface area contributed by atoms with E-state index < -0.39 is 0 Å². The second-order valence-electron chi connectivity index (χ2n) is 5.16. The van der Waals surface area contributed by atoms with Gasteiger partial charge in [-0.05, 0) is 38.6 Å². The molecule has 0 aromatic carbocycles. The van der Waals surface area contributed by atoms with Crippen molar-refractivity contribution in [3.63, 3.8) is 0 Å². The second kappa shape index (κ2) is 5.10. The van der Waals surface area contributed by atoms with Gasteiger partial charge in [0.05, 0.1) is 0 Å². The van der Waals surface area contributed by atoms with Crippen molar-refractivity contribution in [2.75, 3.05) is 13.1 Å². The van der Waals surface area contributed by atoms with E-state index in [1.165, 1.54) is 0 Å². The zero-order valence-electron chi connectivity index (χ0n) is 10.5. The molecule has 18 heavy (non-hydrogen) atoms. The number of carbonyl (C=O) groups is 1. The van der Waals surface area contributed by atoms with Crippen LogP contribution in [0.5, 0.6) is 0 Å². The van der Waals surface area contributed by atoms with Crippen LogP contribution in [0.25, 0.3) is 0 Å². The van der Waals surface area contributed by atoms with E-state index in [1.54, 1.807) is 0 Å². The first-order valence-corrected chi connectivity index (χ1v) is 6.83. The van der Waals surface area contributed by atoms with Gasteiger partial charge in [0.2, 0.25) is 0 Å². The molecule has 0 bridgehead atoms. The Hall–Kier alpha value is -1.36. The van der Waals surface area contributed by atoms with E-state index in [-0.39, 0.29) is 11.9 Å². The van der Waals surface area contributed by atoms with E-state index in [0.717, 1.165) is 62.9 Å². The molecule has 98 valence electrons. The number of nitrogens with one attached hydrogen (secondary N) is 2. The lowest BCUT2D eigenvalue weighted by Crippen LogP contribution is -2.45. The number of nitrogens with zero attached hydrogens (tertiary/aromatic N) is 1. The van der Waals surface area contributed by atoms with Crippen LogP contribution in [0.2, 0.25) is 0 Å². The number of piperidine rings is 1. The average Bonchev–Trinajstić information content (AvgIpc) is 2.84.